The zero-order chi connectivity index (χ0) is 14.8. The number of thiazole rings is 1. The average Bonchev–Trinajstić information content (AvgIpc) is 3.03. The summed E-state index contributed by atoms with van der Waals surface area (Å²) in [7, 11) is 0. The van der Waals surface area contributed by atoms with Gasteiger partial charge in [0.15, 0.2) is 5.13 Å². The van der Waals surface area contributed by atoms with Crippen molar-refractivity contribution >= 4 is 39.7 Å². The number of nitrogen functional groups attached to an aromatic ring is 1. The number of hydrogen-bond acceptors (Lipinski definition) is 5. The van der Waals surface area contributed by atoms with Crippen LogP contribution in [0.4, 0.5) is 10.8 Å². The third-order valence-corrected chi connectivity index (χ3v) is 4.57. The van der Waals surface area contributed by atoms with Crippen molar-refractivity contribution in [1.29, 1.82) is 0 Å². The Bertz CT molecular complexity index is 638. The second-order valence-corrected chi connectivity index (χ2v) is 6.13. The Labute approximate surface area is 131 Å². The highest BCUT2D eigenvalue weighted by molar-refractivity contribution is 7.13. The van der Waals surface area contributed by atoms with Gasteiger partial charge in [-0.25, -0.2) is 4.98 Å². The van der Waals surface area contributed by atoms with E-state index in [0.29, 0.717) is 29.4 Å². The third-order valence-electron chi connectivity index (χ3n) is 3.50. The molecule has 1 aromatic carbocycles. The molecule has 0 bridgehead atoms. The van der Waals surface area contributed by atoms with Gasteiger partial charge in [-0.05, 0) is 18.2 Å². The Balaban J connectivity index is 1.69. The summed E-state index contributed by atoms with van der Waals surface area (Å²) in [4.78, 5) is 20.8. The van der Waals surface area contributed by atoms with E-state index in [1.165, 1.54) is 0 Å². The summed E-state index contributed by atoms with van der Waals surface area (Å²) >= 11 is 7.56. The molecule has 110 valence electrons. The van der Waals surface area contributed by atoms with E-state index in [1.807, 2.05) is 10.3 Å². The molecule has 7 heteroatoms. The summed E-state index contributed by atoms with van der Waals surface area (Å²) in [6, 6.07) is 4.99. The highest BCUT2D eigenvalue weighted by Gasteiger charge is 2.24. The standard InChI is InChI=1S/C14H15ClN4OS/c15-10-1-2-12(16)11(9-10)13(20)18-4-6-19(7-5-18)14-17-3-8-21-14/h1-3,8-9H,4-7,16H2. The number of carbonyl (C=O) groups excluding carboxylic acids is 1. The molecule has 1 aromatic heterocycles. The number of nitrogens with zero attached hydrogens (tertiary/aromatic N) is 3. The second-order valence-electron chi connectivity index (χ2n) is 4.83. The molecule has 0 unspecified atom stereocenters. The lowest BCUT2D eigenvalue weighted by Gasteiger charge is -2.34. The van der Waals surface area contributed by atoms with E-state index in [4.69, 9.17) is 17.3 Å². The second kappa shape index (κ2) is 5.91. The van der Waals surface area contributed by atoms with Crippen LogP contribution in [0.25, 0.3) is 0 Å². The normalized spacial score (nSPS) is 15.3. The SMILES string of the molecule is Nc1ccc(Cl)cc1C(=O)N1CCN(c2nccs2)CC1. The quantitative estimate of drug-likeness (QED) is 0.862. The summed E-state index contributed by atoms with van der Waals surface area (Å²) in [5.41, 5.74) is 6.82. The summed E-state index contributed by atoms with van der Waals surface area (Å²) < 4.78 is 0. The molecule has 1 fully saturated rings. The minimum atomic E-state index is -0.0613. The Morgan fingerprint density at radius 2 is 2.05 bits per heavy atom. The van der Waals surface area contributed by atoms with Crippen molar-refractivity contribution in [2.45, 2.75) is 0 Å². The molecule has 3 rings (SSSR count). The molecular weight excluding hydrogens is 308 g/mol. The van der Waals surface area contributed by atoms with E-state index in [2.05, 4.69) is 9.88 Å². The molecule has 0 saturated carbocycles. The maximum atomic E-state index is 12.5. The number of piperazine rings is 1. The zero-order valence-corrected chi connectivity index (χ0v) is 12.9. The van der Waals surface area contributed by atoms with Crippen molar-refractivity contribution in [2.24, 2.45) is 0 Å². The van der Waals surface area contributed by atoms with E-state index < -0.39 is 0 Å². The highest BCUT2D eigenvalue weighted by atomic mass is 35.5. The topological polar surface area (TPSA) is 62.5 Å². The monoisotopic (exact) mass is 322 g/mol. The number of nitrogens with two attached hydrogens (primary N) is 1. The van der Waals surface area contributed by atoms with E-state index in [-0.39, 0.29) is 5.91 Å². The highest BCUT2D eigenvalue weighted by Crippen LogP contribution is 2.22. The number of hydrogen-bond donors (Lipinski definition) is 1. The predicted molar refractivity (Wildman–Crippen MR) is 86.1 cm³/mol. The number of halogens is 1. The molecule has 1 aliphatic rings. The Morgan fingerprint density at radius 3 is 2.71 bits per heavy atom. The van der Waals surface area contributed by atoms with Gasteiger partial charge in [0.2, 0.25) is 0 Å². The van der Waals surface area contributed by atoms with Crippen LogP contribution in [-0.4, -0.2) is 42.0 Å². The first-order chi connectivity index (χ1) is 10.1. The van der Waals surface area contributed by atoms with Crippen LogP contribution in [0.3, 0.4) is 0 Å². The van der Waals surface area contributed by atoms with Gasteiger partial charge in [0, 0.05) is 48.5 Å². The maximum Gasteiger partial charge on any atom is 0.256 e. The predicted octanol–water partition coefficient (Wildman–Crippen LogP) is 2.34. The van der Waals surface area contributed by atoms with Crippen molar-refractivity contribution < 1.29 is 4.79 Å². The van der Waals surface area contributed by atoms with E-state index >= 15 is 0 Å². The first kappa shape index (κ1) is 14.2. The van der Waals surface area contributed by atoms with Crippen LogP contribution < -0.4 is 10.6 Å². The molecule has 1 aliphatic heterocycles. The average molecular weight is 323 g/mol. The first-order valence-electron chi connectivity index (χ1n) is 6.64. The number of aromatic nitrogens is 1. The van der Waals surface area contributed by atoms with Gasteiger partial charge in [0.25, 0.3) is 5.91 Å². The van der Waals surface area contributed by atoms with E-state index in [1.54, 1.807) is 35.7 Å². The number of anilines is 2. The third kappa shape index (κ3) is 2.96. The van der Waals surface area contributed by atoms with Gasteiger partial charge in [-0.2, -0.15) is 0 Å². The van der Waals surface area contributed by atoms with Crippen molar-refractivity contribution in [3.05, 3.63) is 40.4 Å². The van der Waals surface area contributed by atoms with Crippen molar-refractivity contribution in [3.8, 4) is 0 Å². The van der Waals surface area contributed by atoms with Crippen LogP contribution in [0.5, 0.6) is 0 Å². The number of amides is 1. The van der Waals surface area contributed by atoms with Gasteiger partial charge in [0.05, 0.1) is 5.56 Å². The molecule has 5 nitrogen and oxygen atoms in total. The van der Waals surface area contributed by atoms with Crippen molar-refractivity contribution in [1.82, 2.24) is 9.88 Å². The maximum absolute atomic E-state index is 12.5. The summed E-state index contributed by atoms with van der Waals surface area (Å²) in [6.07, 6.45) is 1.80. The Hall–Kier alpha value is -1.79. The first-order valence-corrected chi connectivity index (χ1v) is 7.89. The molecule has 1 saturated heterocycles. The van der Waals surface area contributed by atoms with E-state index in [0.717, 1.165) is 18.2 Å². The summed E-state index contributed by atoms with van der Waals surface area (Å²) in [5.74, 6) is -0.0613. The van der Waals surface area contributed by atoms with Gasteiger partial charge in [-0.3, -0.25) is 4.79 Å². The van der Waals surface area contributed by atoms with Gasteiger partial charge < -0.3 is 15.5 Å². The fourth-order valence-electron chi connectivity index (χ4n) is 2.36. The zero-order valence-electron chi connectivity index (χ0n) is 11.3. The summed E-state index contributed by atoms with van der Waals surface area (Å²) in [5, 5.41) is 3.48. The fourth-order valence-corrected chi connectivity index (χ4v) is 3.23. The molecule has 21 heavy (non-hydrogen) atoms. The molecule has 0 spiro atoms. The molecule has 0 atom stereocenters. The fraction of sp³-hybridized carbons (Fsp3) is 0.286. The van der Waals surface area contributed by atoms with Crippen LogP contribution in [-0.2, 0) is 0 Å². The number of rotatable bonds is 2. The van der Waals surface area contributed by atoms with Gasteiger partial charge >= 0.3 is 0 Å². The van der Waals surface area contributed by atoms with Crippen LogP contribution in [0.2, 0.25) is 5.02 Å². The van der Waals surface area contributed by atoms with Gasteiger partial charge in [0.1, 0.15) is 0 Å². The molecule has 0 aliphatic carbocycles. The number of carbonyl (C=O) groups is 1. The van der Waals surface area contributed by atoms with Crippen LogP contribution in [0.15, 0.2) is 29.8 Å². The largest absolute Gasteiger partial charge is 0.398 e. The van der Waals surface area contributed by atoms with Crippen LogP contribution in [0.1, 0.15) is 10.4 Å². The minimum Gasteiger partial charge on any atom is -0.398 e. The van der Waals surface area contributed by atoms with Crippen molar-refractivity contribution in [2.75, 3.05) is 36.8 Å². The van der Waals surface area contributed by atoms with Gasteiger partial charge in [-0.15, -0.1) is 11.3 Å². The Kier molecular flexibility index (Phi) is 3.98. The molecule has 2 N–H and O–H groups in total. The molecule has 0 radical (unpaired) electrons. The minimum absolute atomic E-state index is 0.0613. The molecule has 2 aromatic rings. The summed E-state index contributed by atoms with van der Waals surface area (Å²) in [6.45, 7) is 2.87. The lowest BCUT2D eigenvalue weighted by molar-refractivity contribution is 0.0748. The van der Waals surface area contributed by atoms with Crippen LogP contribution >= 0.6 is 22.9 Å². The smallest absolute Gasteiger partial charge is 0.256 e. The Morgan fingerprint density at radius 1 is 1.29 bits per heavy atom. The number of benzene rings is 1. The molecule has 1 amide bonds. The molecule has 2 heterocycles. The molecular formula is C14H15ClN4OS. The van der Waals surface area contributed by atoms with Crippen molar-refractivity contribution in [3.63, 3.8) is 0 Å². The lowest BCUT2D eigenvalue weighted by Crippen LogP contribution is -2.48. The lowest BCUT2D eigenvalue weighted by atomic mass is 10.1. The van der Waals surface area contributed by atoms with Crippen LogP contribution in [0, 0.1) is 0 Å². The van der Waals surface area contributed by atoms with E-state index in [9.17, 15) is 4.79 Å². The van der Waals surface area contributed by atoms with Gasteiger partial charge in [-0.1, -0.05) is 11.6 Å².